The second-order valence-corrected chi connectivity index (χ2v) is 7.01. The van der Waals surface area contributed by atoms with Gasteiger partial charge in [0.1, 0.15) is 6.33 Å². The maximum Gasteiger partial charge on any atom is 0.175 e. The van der Waals surface area contributed by atoms with Gasteiger partial charge in [-0.2, -0.15) is 0 Å². The average molecular weight is 279 g/mol. The number of nitrogens with zero attached hydrogens (tertiary/aromatic N) is 3. The van der Waals surface area contributed by atoms with Crippen LogP contribution >= 0.6 is 0 Å². The Balaban J connectivity index is 2.35. The summed E-state index contributed by atoms with van der Waals surface area (Å²) in [5.74, 6) is 1.25. The Labute approximate surface area is 113 Å². The third kappa shape index (κ3) is 3.20. The highest BCUT2D eigenvalue weighted by Crippen LogP contribution is 2.20. The highest BCUT2D eigenvalue weighted by molar-refractivity contribution is 7.90. The second kappa shape index (κ2) is 5.13. The number of hydrogen-bond acceptors (Lipinski definition) is 4. The van der Waals surface area contributed by atoms with Crippen LogP contribution in [0.25, 0.3) is 11.4 Å². The zero-order chi connectivity index (χ0) is 14.0. The summed E-state index contributed by atoms with van der Waals surface area (Å²) >= 11 is 0. The van der Waals surface area contributed by atoms with E-state index in [9.17, 15) is 8.42 Å². The van der Waals surface area contributed by atoms with E-state index in [2.05, 4.69) is 24.0 Å². The molecule has 0 aliphatic carbocycles. The molecule has 0 unspecified atom stereocenters. The molecule has 0 N–H and O–H groups in total. The standard InChI is InChI=1S/C13H17N3O2S/c1-10(2)8-16-9-14-15-13(16)11-4-6-12(7-5-11)19(3,17)18/h4-7,9-10H,8H2,1-3H3. The summed E-state index contributed by atoms with van der Waals surface area (Å²) in [4.78, 5) is 0.311. The van der Waals surface area contributed by atoms with Crippen LogP contribution in [-0.2, 0) is 16.4 Å². The first-order valence-electron chi connectivity index (χ1n) is 6.06. The van der Waals surface area contributed by atoms with Gasteiger partial charge in [-0.3, -0.25) is 0 Å². The average Bonchev–Trinajstić information content (AvgIpc) is 2.75. The predicted molar refractivity (Wildman–Crippen MR) is 73.4 cm³/mol. The zero-order valence-corrected chi connectivity index (χ0v) is 12.1. The summed E-state index contributed by atoms with van der Waals surface area (Å²) in [6.45, 7) is 5.07. The van der Waals surface area contributed by atoms with Crippen molar-refractivity contribution < 1.29 is 8.42 Å². The van der Waals surface area contributed by atoms with Crippen molar-refractivity contribution in [2.24, 2.45) is 5.92 Å². The third-order valence-electron chi connectivity index (χ3n) is 2.72. The van der Waals surface area contributed by atoms with E-state index in [0.717, 1.165) is 17.9 Å². The van der Waals surface area contributed by atoms with Crippen molar-refractivity contribution in [2.75, 3.05) is 6.26 Å². The molecule has 0 amide bonds. The van der Waals surface area contributed by atoms with Crippen molar-refractivity contribution in [2.45, 2.75) is 25.3 Å². The molecule has 0 saturated carbocycles. The summed E-state index contributed by atoms with van der Waals surface area (Å²) in [5, 5.41) is 8.01. The lowest BCUT2D eigenvalue weighted by atomic mass is 10.2. The first-order valence-corrected chi connectivity index (χ1v) is 7.95. The van der Waals surface area contributed by atoms with Crippen LogP contribution in [-0.4, -0.2) is 29.4 Å². The Morgan fingerprint density at radius 2 is 1.84 bits per heavy atom. The molecule has 2 rings (SSSR count). The van der Waals surface area contributed by atoms with E-state index in [1.807, 2.05) is 4.57 Å². The van der Waals surface area contributed by atoms with Crippen molar-refractivity contribution in [3.05, 3.63) is 30.6 Å². The molecule has 0 spiro atoms. The molecule has 1 aromatic carbocycles. The third-order valence-corrected chi connectivity index (χ3v) is 3.85. The molecule has 2 aromatic rings. The number of sulfone groups is 1. The van der Waals surface area contributed by atoms with E-state index in [0.29, 0.717) is 10.8 Å². The van der Waals surface area contributed by atoms with E-state index in [1.54, 1.807) is 30.6 Å². The Bertz CT molecular complexity index is 657. The molecule has 5 nitrogen and oxygen atoms in total. The molecular weight excluding hydrogens is 262 g/mol. The molecule has 6 heteroatoms. The number of benzene rings is 1. The Kier molecular flexibility index (Phi) is 3.71. The van der Waals surface area contributed by atoms with Gasteiger partial charge in [0, 0.05) is 18.4 Å². The SMILES string of the molecule is CC(C)Cn1cnnc1-c1ccc(S(C)(=O)=O)cc1. The smallest absolute Gasteiger partial charge is 0.175 e. The van der Waals surface area contributed by atoms with Crippen LogP contribution in [0.1, 0.15) is 13.8 Å². The van der Waals surface area contributed by atoms with Crippen LogP contribution in [0.4, 0.5) is 0 Å². The largest absolute Gasteiger partial charge is 0.313 e. The summed E-state index contributed by atoms with van der Waals surface area (Å²) < 4.78 is 24.8. The van der Waals surface area contributed by atoms with Gasteiger partial charge in [-0.05, 0) is 30.2 Å². The Hall–Kier alpha value is -1.69. The van der Waals surface area contributed by atoms with E-state index < -0.39 is 9.84 Å². The van der Waals surface area contributed by atoms with Gasteiger partial charge in [0.25, 0.3) is 0 Å². The first kappa shape index (κ1) is 13.7. The zero-order valence-electron chi connectivity index (χ0n) is 11.2. The highest BCUT2D eigenvalue weighted by atomic mass is 32.2. The molecule has 102 valence electrons. The van der Waals surface area contributed by atoms with Crippen molar-refractivity contribution >= 4 is 9.84 Å². The van der Waals surface area contributed by atoms with Gasteiger partial charge in [-0.15, -0.1) is 10.2 Å². The van der Waals surface area contributed by atoms with Gasteiger partial charge < -0.3 is 4.57 Å². The van der Waals surface area contributed by atoms with E-state index in [4.69, 9.17) is 0 Å². The molecule has 0 atom stereocenters. The molecule has 0 saturated heterocycles. The normalized spacial score (nSPS) is 12.0. The topological polar surface area (TPSA) is 64.8 Å². The van der Waals surface area contributed by atoms with Crippen LogP contribution in [0.3, 0.4) is 0 Å². The predicted octanol–water partition coefficient (Wildman–Crippen LogP) is 2.00. The minimum absolute atomic E-state index is 0.311. The molecular formula is C13H17N3O2S. The number of hydrogen-bond donors (Lipinski definition) is 0. The van der Waals surface area contributed by atoms with Gasteiger partial charge in [-0.1, -0.05) is 13.8 Å². The Morgan fingerprint density at radius 1 is 1.21 bits per heavy atom. The van der Waals surface area contributed by atoms with Crippen molar-refractivity contribution in [1.29, 1.82) is 0 Å². The number of rotatable bonds is 4. The molecule has 19 heavy (non-hydrogen) atoms. The van der Waals surface area contributed by atoms with Gasteiger partial charge in [0.2, 0.25) is 0 Å². The lowest BCUT2D eigenvalue weighted by Gasteiger charge is -2.09. The summed E-state index contributed by atoms with van der Waals surface area (Å²) in [7, 11) is -3.16. The lowest BCUT2D eigenvalue weighted by molar-refractivity contribution is 0.525. The van der Waals surface area contributed by atoms with Crippen LogP contribution in [0, 0.1) is 5.92 Å². The minimum Gasteiger partial charge on any atom is -0.313 e. The van der Waals surface area contributed by atoms with Crippen LogP contribution in [0.2, 0.25) is 0 Å². The maximum absolute atomic E-state index is 11.4. The quantitative estimate of drug-likeness (QED) is 0.858. The first-order chi connectivity index (χ1) is 8.88. The van der Waals surface area contributed by atoms with E-state index in [1.165, 1.54) is 6.26 Å². The summed E-state index contributed by atoms with van der Waals surface area (Å²) in [6, 6.07) is 6.71. The van der Waals surface area contributed by atoms with Crippen molar-refractivity contribution in [3.63, 3.8) is 0 Å². The molecule has 0 bridgehead atoms. The Morgan fingerprint density at radius 3 is 2.37 bits per heavy atom. The van der Waals surface area contributed by atoms with Gasteiger partial charge in [-0.25, -0.2) is 8.42 Å². The van der Waals surface area contributed by atoms with Gasteiger partial charge >= 0.3 is 0 Å². The molecule has 1 aromatic heterocycles. The molecule has 0 aliphatic heterocycles. The molecule has 0 radical (unpaired) electrons. The maximum atomic E-state index is 11.4. The number of aromatic nitrogens is 3. The fourth-order valence-electron chi connectivity index (χ4n) is 1.86. The monoisotopic (exact) mass is 279 g/mol. The highest BCUT2D eigenvalue weighted by Gasteiger charge is 2.11. The fourth-order valence-corrected chi connectivity index (χ4v) is 2.49. The van der Waals surface area contributed by atoms with Crippen LogP contribution in [0.5, 0.6) is 0 Å². The fraction of sp³-hybridized carbons (Fsp3) is 0.385. The molecule has 1 heterocycles. The van der Waals surface area contributed by atoms with E-state index >= 15 is 0 Å². The van der Waals surface area contributed by atoms with E-state index in [-0.39, 0.29) is 0 Å². The molecule has 0 fully saturated rings. The summed E-state index contributed by atoms with van der Waals surface area (Å²) in [5.41, 5.74) is 0.866. The van der Waals surface area contributed by atoms with Gasteiger partial charge in [0.05, 0.1) is 4.90 Å². The van der Waals surface area contributed by atoms with Crippen molar-refractivity contribution in [1.82, 2.24) is 14.8 Å². The van der Waals surface area contributed by atoms with Crippen molar-refractivity contribution in [3.8, 4) is 11.4 Å². The lowest BCUT2D eigenvalue weighted by Crippen LogP contribution is -2.05. The minimum atomic E-state index is -3.16. The summed E-state index contributed by atoms with van der Waals surface area (Å²) in [6.07, 6.45) is 2.89. The van der Waals surface area contributed by atoms with Crippen LogP contribution < -0.4 is 0 Å². The van der Waals surface area contributed by atoms with Crippen LogP contribution in [0.15, 0.2) is 35.5 Å². The molecule has 0 aliphatic rings. The second-order valence-electron chi connectivity index (χ2n) is 5.00. The van der Waals surface area contributed by atoms with Gasteiger partial charge in [0.15, 0.2) is 15.7 Å².